The van der Waals surface area contributed by atoms with Crippen LogP contribution in [0.1, 0.15) is 26.7 Å². The van der Waals surface area contributed by atoms with Crippen molar-refractivity contribution < 1.29 is 4.79 Å². The summed E-state index contributed by atoms with van der Waals surface area (Å²) in [5, 5.41) is 9.37. The van der Waals surface area contributed by atoms with Gasteiger partial charge in [0, 0.05) is 32.1 Å². The number of aliphatic imine (C=N–C) groups is 1. The molecule has 1 fully saturated rings. The highest BCUT2D eigenvalue weighted by Crippen LogP contribution is 2.28. The molecule has 1 aliphatic rings. The summed E-state index contributed by atoms with van der Waals surface area (Å²) in [6, 6.07) is 0. The second-order valence-corrected chi connectivity index (χ2v) is 5.15. The Hall–Kier alpha value is -0.570. The van der Waals surface area contributed by atoms with E-state index in [1.165, 1.54) is 0 Å². The molecule has 0 spiro atoms. The van der Waals surface area contributed by atoms with E-state index in [1.54, 1.807) is 0 Å². The lowest BCUT2D eigenvalue weighted by atomic mass is 10.4. The number of nitrogens with one attached hydrogen (secondary N) is 3. The van der Waals surface area contributed by atoms with Crippen LogP contribution >= 0.6 is 24.0 Å². The van der Waals surface area contributed by atoms with E-state index >= 15 is 0 Å². The number of guanidine groups is 1. The normalized spacial score (nSPS) is 14.6. The van der Waals surface area contributed by atoms with Crippen LogP contribution in [0.15, 0.2) is 4.99 Å². The molecule has 0 bridgehead atoms. The van der Waals surface area contributed by atoms with Gasteiger partial charge in [-0.1, -0.05) is 6.92 Å². The summed E-state index contributed by atoms with van der Waals surface area (Å²) in [4.78, 5) is 18.2. The third kappa shape index (κ3) is 9.89. The van der Waals surface area contributed by atoms with Crippen LogP contribution in [0.3, 0.4) is 0 Å². The zero-order valence-electron chi connectivity index (χ0n) is 13.4. The largest absolute Gasteiger partial charge is 0.357 e. The molecule has 6 nitrogen and oxygen atoms in total. The maximum Gasteiger partial charge on any atom is 0.223 e. The molecule has 21 heavy (non-hydrogen) atoms. The van der Waals surface area contributed by atoms with Gasteiger partial charge in [-0.3, -0.25) is 9.79 Å². The lowest BCUT2D eigenvalue weighted by molar-refractivity contribution is -0.122. The van der Waals surface area contributed by atoms with Gasteiger partial charge in [0.25, 0.3) is 0 Å². The minimum atomic E-state index is 0. The Balaban J connectivity index is 0.00000400. The Morgan fingerprint density at radius 1 is 1.19 bits per heavy atom. The standard InChI is InChI=1S/C14H29N5O.HI/c1-4-15-14(18-10-11-19(3)5-2)17-9-8-16-13(20)12-6-7-12;/h12H,4-11H2,1-3H3,(H,16,20)(H2,15,17,18);1H. The van der Waals surface area contributed by atoms with Gasteiger partial charge in [-0.25, -0.2) is 0 Å². The molecule has 1 aliphatic carbocycles. The van der Waals surface area contributed by atoms with Gasteiger partial charge in [0.15, 0.2) is 5.96 Å². The van der Waals surface area contributed by atoms with E-state index in [1.807, 2.05) is 6.92 Å². The monoisotopic (exact) mass is 411 g/mol. The van der Waals surface area contributed by atoms with E-state index in [4.69, 9.17) is 0 Å². The minimum absolute atomic E-state index is 0. The molecule has 0 aliphatic heterocycles. The first-order valence-corrected chi connectivity index (χ1v) is 7.65. The molecular formula is C14H30IN5O. The van der Waals surface area contributed by atoms with Crippen molar-refractivity contribution in [2.24, 2.45) is 10.9 Å². The van der Waals surface area contributed by atoms with Crippen molar-refractivity contribution in [3.8, 4) is 0 Å². The second kappa shape index (κ2) is 12.0. The van der Waals surface area contributed by atoms with Crippen LogP contribution in [0.25, 0.3) is 0 Å². The van der Waals surface area contributed by atoms with Crippen LogP contribution in [-0.4, -0.2) is 63.1 Å². The lowest BCUT2D eigenvalue weighted by Crippen LogP contribution is -2.42. The van der Waals surface area contributed by atoms with Crippen LogP contribution in [0.2, 0.25) is 0 Å². The number of hydrogen-bond donors (Lipinski definition) is 3. The van der Waals surface area contributed by atoms with Gasteiger partial charge in [-0.2, -0.15) is 0 Å². The van der Waals surface area contributed by atoms with E-state index in [0.29, 0.717) is 13.1 Å². The zero-order valence-corrected chi connectivity index (χ0v) is 15.8. The summed E-state index contributed by atoms with van der Waals surface area (Å²) in [6.07, 6.45) is 2.10. The molecule has 124 valence electrons. The molecule has 0 saturated heterocycles. The van der Waals surface area contributed by atoms with Crippen molar-refractivity contribution in [1.82, 2.24) is 20.9 Å². The van der Waals surface area contributed by atoms with Crippen LogP contribution in [0.5, 0.6) is 0 Å². The number of amides is 1. The van der Waals surface area contributed by atoms with Gasteiger partial charge in [-0.15, -0.1) is 24.0 Å². The predicted molar refractivity (Wildman–Crippen MR) is 98.3 cm³/mol. The van der Waals surface area contributed by atoms with Crippen molar-refractivity contribution in [3.05, 3.63) is 0 Å². The van der Waals surface area contributed by atoms with Crippen LogP contribution < -0.4 is 16.0 Å². The fourth-order valence-corrected chi connectivity index (χ4v) is 1.69. The van der Waals surface area contributed by atoms with Crippen LogP contribution in [0.4, 0.5) is 0 Å². The van der Waals surface area contributed by atoms with Crippen LogP contribution in [0, 0.1) is 5.92 Å². The van der Waals surface area contributed by atoms with Crippen molar-refractivity contribution in [1.29, 1.82) is 0 Å². The van der Waals surface area contributed by atoms with Crippen LogP contribution in [-0.2, 0) is 4.79 Å². The third-order valence-corrected chi connectivity index (χ3v) is 3.30. The lowest BCUT2D eigenvalue weighted by Gasteiger charge is -2.14. The Kier molecular flexibility index (Phi) is 11.7. The number of halogens is 1. The molecule has 3 N–H and O–H groups in total. The fraction of sp³-hybridized carbons (Fsp3) is 0.857. The minimum Gasteiger partial charge on any atom is -0.357 e. The number of likely N-dealkylation sites (N-methyl/N-ethyl adjacent to an activating group) is 1. The highest BCUT2D eigenvalue weighted by atomic mass is 127. The Labute approximate surface area is 145 Å². The third-order valence-electron chi connectivity index (χ3n) is 3.30. The van der Waals surface area contributed by atoms with Crippen molar-refractivity contribution >= 4 is 35.8 Å². The smallest absolute Gasteiger partial charge is 0.223 e. The highest BCUT2D eigenvalue weighted by molar-refractivity contribution is 14.0. The number of hydrogen-bond acceptors (Lipinski definition) is 3. The summed E-state index contributed by atoms with van der Waals surface area (Å²) in [6.45, 7) is 9.12. The first-order valence-electron chi connectivity index (χ1n) is 7.65. The Morgan fingerprint density at radius 3 is 2.43 bits per heavy atom. The van der Waals surface area contributed by atoms with E-state index in [2.05, 4.69) is 39.8 Å². The van der Waals surface area contributed by atoms with Gasteiger partial charge in [-0.05, 0) is 33.4 Å². The first kappa shape index (κ1) is 20.4. The summed E-state index contributed by atoms with van der Waals surface area (Å²) in [7, 11) is 2.09. The van der Waals surface area contributed by atoms with Gasteiger partial charge < -0.3 is 20.9 Å². The molecular weight excluding hydrogens is 381 g/mol. The number of carbonyl (C=O) groups excluding carboxylic acids is 1. The first-order chi connectivity index (χ1) is 9.67. The second-order valence-electron chi connectivity index (χ2n) is 5.15. The molecule has 1 saturated carbocycles. The molecule has 0 aromatic heterocycles. The van der Waals surface area contributed by atoms with Gasteiger partial charge >= 0.3 is 0 Å². The molecule has 0 aromatic rings. The topological polar surface area (TPSA) is 68.8 Å². The molecule has 0 aromatic carbocycles. The summed E-state index contributed by atoms with van der Waals surface area (Å²) in [5.74, 6) is 1.29. The molecule has 7 heteroatoms. The molecule has 0 atom stereocenters. The summed E-state index contributed by atoms with van der Waals surface area (Å²) < 4.78 is 0. The van der Waals surface area contributed by atoms with Gasteiger partial charge in [0.1, 0.15) is 0 Å². The molecule has 0 radical (unpaired) electrons. The summed E-state index contributed by atoms with van der Waals surface area (Å²) in [5.41, 5.74) is 0. The van der Waals surface area contributed by atoms with E-state index in [9.17, 15) is 4.79 Å². The Bertz CT molecular complexity index is 320. The summed E-state index contributed by atoms with van der Waals surface area (Å²) >= 11 is 0. The average Bonchev–Trinajstić information content (AvgIpc) is 3.27. The van der Waals surface area contributed by atoms with Gasteiger partial charge in [0.05, 0.1) is 6.54 Å². The molecule has 1 amide bonds. The maximum absolute atomic E-state index is 11.5. The average molecular weight is 411 g/mol. The predicted octanol–water partition coefficient (Wildman–Crippen LogP) is 0.637. The number of rotatable bonds is 9. The number of nitrogens with zero attached hydrogens (tertiary/aromatic N) is 2. The maximum atomic E-state index is 11.5. The van der Waals surface area contributed by atoms with Crippen molar-refractivity contribution in [3.63, 3.8) is 0 Å². The van der Waals surface area contributed by atoms with E-state index in [-0.39, 0.29) is 35.8 Å². The molecule has 0 unspecified atom stereocenters. The highest BCUT2D eigenvalue weighted by Gasteiger charge is 2.28. The van der Waals surface area contributed by atoms with E-state index < -0.39 is 0 Å². The molecule has 1 rings (SSSR count). The zero-order chi connectivity index (χ0) is 14.8. The van der Waals surface area contributed by atoms with Gasteiger partial charge in [0.2, 0.25) is 5.91 Å². The fourth-order valence-electron chi connectivity index (χ4n) is 1.69. The number of carbonyl (C=O) groups is 1. The van der Waals surface area contributed by atoms with E-state index in [0.717, 1.165) is 45.0 Å². The Morgan fingerprint density at radius 2 is 1.86 bits per heavy atom. The van der Waals surface area contributed by atoms with Crippen molar-refractivity contribution in [2.75, 3.05) is 46.3 Å². The van der Waals surface area contributed by atoms with Crippen molar-refractivity contribution in [2.45, 2.75) is 26.7 Å². The molecule has 0 heterocycles. The SMILES string of the molecule is CCNC(=NCCN(C)CC)NCCNC(=O)C1CC1.I. The quantitative estimate of drug-likeness (QED) is 0.226.